The predicted molar refractivity (Wildman–Crippen MR) is 147 cm³/mol. The maximum atomic E-state index is 2.62. The Hall–Kier alpha value is -1.30. The van der Waals surface area contributed by atoms with Crippen molar-refractivity contribution in [1.82, 2.24) is 0 Å². The van der Waals surface area contributed by atoms with Gasteiger partial charge in [0.25, 0.3) is 0 Å². The Balaban J connectivity index is 1.76. The summed E-state index contributed by atoms with van der Waals surface area (Å²) in [6.45, 7) is 14.2. The van der Waals surface area contributed by atoms with Crippen LogP contribution in [0.15, 0.2) is 42.0 Å². The molecule has 0 heteroatoms. The van der Waals surface area contributed by atoms with E-state index in [0.717, 1.165) is 5.92 Å². The third-order valence-corrected chi connectivity index (χ3v) is 9.39. The van der Waals surface area contributed by atoms with Gasteiger partial charge in [0.15, 0.2) is 0 Å². The van der Waals surface area contributed by atoms with Crippen molar-refractivity contribution in [1.29, 1.82) is 0 Å². The molecule has 0 aliphatic heterocycles. The van der Waals surface area contributed by atoms with Crippen molar-refractivity contribution in [3.63, 3.8) is 0 Å². The van der Waals surface area contributed by atoms with Gasteiger partial charge in [-0.3, -0.25) is 0 Å². The van der Waals surface area contributed by atoms with E-state index in [1.807, 2.05) is 0 Å². The van der Waals surface area contributed by atoms with Crippen LogP contribution in [0.5, 0.6) is 0 Å². The van der Waals surface area contributed by atoms with Crippen LogP contribution in [0.25, 0.3) is 0 Å². The van der Waals surface area contributed by atoms with Gasteiger partial charge in [-0.05, 0) is 98.1 Å². The first-order valence-corrected chi connectivity index (χ1v) is 14.4. The molecule has 3 rings (SSSR count). The number of allylic oxidation sites excluding steroid dienone is 4. The van der Waals surface area contributed by atoms with E-state index >= 15 is 0 Å². The van der Waals surface area contributed by atoms with E-state index in [-0.39, 0.29) is 0 Å². The summed E-state index contributed by atoms with van der Waals surface area (Å²) in [5.41, 5.74) is 7.10. The molecule has 1 aromatic rings. The van der Waals surface area contributed by atoms with Crippen molar-refractivity contribution in [2.45, 2.75) is 130 Å². The molecule has 2 aliphatic rings. The zero-order valence-corrected chi connectivity index (χ0v) is 22.8. The van der Waals surface area contributed by atoms with E-state index < -0.39 is 0 Å². The lowest BCUT2D eigenvalue weighted by molar-refractivity contribution is 0.105. The first kappa shape index (κ1) is 26.3. The van der Waals surface area contributed by atoms with Gasteiger partial charge in [-0.2, -0.15) is 0 Å². The van der Waals surface area contributed by atoms with E-state index in [9.17, 15) is 0 Å². The Morgan fingerprint density at radius 3 is 2.64 bits per heavy atom. The van der Waals surface area contributed by atoms with Crippen LogP contribution in [-0.2, 0) is 6.42 Å². The molecule has 0 N–H and O–H groups in total. The molecule has 184 valence electrons. The van der Waals surface area contributed by atoms with E-state index in [4.69, 9.17) is 0 Å². The van der Waals surface area contributed by atoms with Gasteiger partial charge in [0, 0.05) is 5.92 Å². The third kappa shape index (κ3) is 6.43. The lowest BCUT2D eigenvalue weighted by atomic mass is 9.64. The number of hydrogen-bond donors (Lipinski definition) is 0. The van der Waals surface area contributed by atoms with Crippen molar-refractivity contribution in [3.8, 4) is 0 Å². The van der Waals surface area contributed by atoms with Crippen LogP contribution in [0, 0.1) is 17.3 Å². The van der Waals surface area contributed by atoms with Crippen molar-refractivity contribution in [3.05, 3.63) is 58.7 Å². The van der Waals surface area contributed by atoms with Crippen LogP contribution in [0.2, 0.25) is 0 Å². The summed E-state index contributed by atoms with van der Waals surface area (Å²) in [5, 5.41) is 0. The highest BCUT2D eigenvalue weighted by Gasteiger charge is 2.35. The summed E-state index contributed by atoms with van der Waals surface area (Å²) < 4.78 is 0. The van der Waals surface area contributed by atoms with Gasteiger partial charge < -0.3 is 0 Å². The fourth-order valence-corrected chi connectivity index (χ4v) is 7.07. The second-order valence-electron chi connectivity index (χ2n) is 11.6. The lowest BCUT2D eigenvalue weighted by Crippen LogP contribution is -2.29. The Morgan fingerprint density at radius 1 is 1.12 bits per heavy atom. The van der Waals surface area contributed by atoms with Gasteiger partial charge in [0.2, 0.25) is 0 Å². The average Bonchev–Trinajstić information content (AvgIpc) is 3.26. The minimum absolute atomic E-state index is 0.619. The summed E-state index contributed by atoms with van der Waals surface area (Å²) in [5.74, 6) is 2.92. The number of rotatable bonds is 11. The minimum Gasteiger partial charge on any atom is -0.0877 e. The molecule has 0 nitrogen and oxygen atoms in total. The summed E-state index contributed by atoms with van der Waals surface area (Å²) in [4.78, 5) is 0. The Morgan fingerprint density at radius 2 is 1.94 bits per heavy atom. The second-order valence-corrected chi connectivity index (χ2v) is 11.6. The summed E-state index contributed by atoms with van der Waals surface area (Å²) in [6, 6.07) is 7.55. The zero-order chi connectivity index (χ0) is 23.8. The fourth-order valence-electron chi connectivity index (χ4n) is 7.07. The summed E-state index contributed by atoms with van der Waals surface area (Å²) >= 11 is 0. The molecule has 5 unspecified atom stereocenters. The maximum Gasteiger partial charge on any atom is 0.00599 e. The van der Waals surface area contributed by atoms with Gasteiger partial charge in [-0.25, -0.2) is 0 Å². The summed E-state index contributed by atoms with van der Waals surface area (Å²) in [6.07, 6.45) is 23.5. The van der Waals surface area contributed by atoms with Crippen LogP contribution in [0.3, 0.4) is 0 Å². The molecule has 1 saturated carbocycles. The molecule has 1 fully saturated rings. The summed E-state index contributed by atoms with van der Waals surface area (Å²) in [7, 11) is 0. The third-order valence-electron chi connectivity index (χ3n) is 9.39. The number of fused-ring (bicyclic) bond motifs is 1. The first-order chi connectivity index (χ1) is 16.0. The van der Waals surface area contributed by atoms with Crippen molar-refractivity contribution in [2.24, 2.45) is 17.3 Å². The smallest absolute Gasteiger partial charge is 0.00599 e. The van der Waals surface area contributed by atoms with Crippen LogP contribution >= 0.6 is 0 Å². The Bertz CT molecular complexity index is 792. The zero-order valence-electron chi connectivity index (χ0n) is 22.8. The normalized spacial score (nSPS) is 27.6. The fraction of sp³-hybridized carbons (Fsp3) is 0.697. The molecular weight excluding hydrogens is 396 g/mol. The molecule has 0 heterocycles. The molecule has 0 spiro atoms. The van der Waals surface area contributed by atoms with Crippen LogP contribution in [0.1, 0.15) is 141 Å². The molecule has 2 aliphatic carbocycles. The number of benzene rings is 1. The van der Waals surface area contributed by atoms with E-state index in [1.165, 1.54) is 77.0 Å². The molecule has 0 aromatic heterocycles. The average molecular weight is 449 g/mol. The lowest BCUT2D eigenvalue weighted by Gasteiger charge is -2.42. The number of aryl methyl sites for hydroxylation is 1. The first-order valence-electron chi connectivity index (χ1n) is 14.4. The largest absolute Gasteiger partial charge is 0.0877 e. The van der Waals surface area contributed by atoms with E-state index in [1.54, 1.807) is 22.3 Å². The molecule has 0 bridgehead atoms. The molecule has 33 heavy (non-hydrogen) atoms. The predicted octanol–water partition coefficient (Wildman–Crippen LogP) is 10.5. The molecule has 0 saturated heterocycles. The highest BCUT2D eigenvalue weighted by atomic mass is 14.4. The van der Waals surface area contributed by atoms with Crippen LogP contribution in [0.4, 0.5) is 0 Å². The molecule has 0 amide bonds. The molecule has 5 atom stereocenters. The van der Waals surface area contributed by atoms with Gasteiger partial charge in [0.05, 0.1) is 0 Å². The van der Waals surface area contributed by atoms with E-state index in [0.29, 0.717) is 23.2 Å². The SMILES string of the molecule is C/C=C\C=C(/C(C)CC)C1CCc2ccc(C(C)CCC3(CCC)CCCC(CC)C3)cc21. The number of hydrogen-bond acceptors (Lipinski definition) is 0. The quantitative estimate of drug-likeness (QED) is 0.295. The van der Waals surface area contributed by atoms with Gasteiger partial charge >= 0.3 is 0 Å². The van der Waals surface area contributed by atoms with Crippen LogP contribution < -0.4 is 0 Å². The van der Waals surface area contributed by atoms with Crippen molar-refractivity contribution >= 4 is 0 Å². The highest BCUT2D eigenvalue weighted by Crippen LogP contribution is 2.49. The van der Waals surface area contributed by atoms with Crippen molar-refractivity contribution < 1.29 is 0 Å². The van der Waals surface area contributed by atoms with Gasteiger partial charge in [-0.1, -0.05) is 102 Å². The molecular formula is C33H52. The molecule has 1 aromatic carbocycles. The molecule has 0 radical (unpaired) electrons. The van der Waals surface area contributed by atoms with Gasteiger partial charge in [-0.15, -0.1) is 0 Å². The maximum absolute atomic E-state index is 2.62. The minimum atomic E-state index is 0.619. The van der Waals surface area contributed by atoms with Crippen molar-refractivity contribution in [2.75, 3.05) is 0 Å². The Labute approximate surface area is 206 Å². The topological polar surface area (TPSA) is 0 Å². The monoisotopic (exact) mass is 448 g/mol. The van der Waals surface area contributed by atoms with E-state index in [2.05, 4.69) is 78.0 Å². The second kappa shape index (κ2) is 12.4. The standard InChI is InChI=1S/C33H52/c1-7-11-14-30(25(5)9-3)31-18-17-28-15-16-29(23-32(28)31)26(6)19-22-33(20-8-2)21-12-13-27(10-4)24-33/h7,11,14-16,23,25-27,31H,8-10,12-13,17-22,24H2,1-6H3/b11-7-,30-14+. The van der Waals surface area contributed by atoms with Crippen LogP contribution in [-0.4, -0.2) is 0 Å². The Kier molecular flexibility index (Phi) is 9.90. The highest BCUT2D eigenvalue weighted by molar-refractivity contribution is 5.45. The van der Waals surface area contributed by atoms with Gasteiger partial charge in [0.1, 0.15) is 0 Å².